The number of rotatable bonds is 34. The van der Waals surface area contributed by atoms with Crippen molar-refractivity contribution in [2.75, 3.05) is 26.4 Å². The van der Waals surface area contributed by atoms with Crippen molar-refractivity contribution in [1.29, 1.82) is 0 Å². The Morgan fingerprint density at radius 2 is 1.30 bits per heavy atom. The number of unbranched alkanes of at least 4 members (excludes halogenated alkanes) is 12. The zero-order valence-corrected chi connectivity index (χ0v) is 32.0. The van der Waals surface area contributed by atoms with Crippen LogP contribution >= 0.6 is 7.82 Å². The van der Waals surface area contributed by atoms with Crippen LogP contribution in [0.4, 0.5) is 0 Å². The summed E-state index contributed by atoms with van der Waals surface area (Å²) in [5, 5.41) is 28.1. The van der Waals surface area contributed by atoms with Crippen LogP contribution in [0.1, 0.15) is 143 Å². The molecule has 0 bridgehead atoms. The Labute approximate surface area is 302 Å². The first kappa shape index (κ1) is 48.1. The van der Waals surface area contributed by atoms with Crippen molar-refractivity contribution in [2.24, 2.45) is 5.92 Å². The van der Waals surface area contributed by atoms with Crippen molar-refractivity contribution >= 4 is 19.8 Å². The van der Waals surface area contributed by atoms with E-state index < -0.39 is 57.9 Å². The molecule has 0 aliphatic carbocycles. The summed E-state index contributed by atoms with van der Waals surface area (Å²) in [5.41, 5.74) is 0. The lowest BCUT2D eigenvalue weighted by atomic mass is 10.0. The number of aliphatic hydroxyl groups is 3. The van der Waals surface area contributed by atoms with Crippen LogP contribution in [0.5, 0.6) is 0 Å². The monoisotopic (exact) mass is 732 g/mol. The van der Waals surface area contributed by atoms with Gasteiger partial charge in [0.05, 0.1) is 25.9 Å². The number of carbonyl (C=O) groups excluding carboxylic acids is 2. The van der Waals surface area contributed by atoms with Gasteiger partial charge >= 0.3 is 19.8 Å². The van der Waals surface area contributed by atoms with Crippen LogP contribution in [0, 0.1) is 5.92 Å². The van der Waals surface area contributed by atoms with E-state index in [2.05, 4.69) is 31.4 Å². The number of aliphatic hydroxyl groups excluding tert-OH is 3. The normalized spacial score (nSPS) is 15.2. The summed E-state index contributed by atoms with van der Waals surface area (Å²) < 4.78 is 32.5. The molecule has 292 valence electrons. The van der Waals surface area contributed by atoms with Crippen molar-refractivity contribution in [3.63, 3.8) is 0 Å². The molecule has 4 atom stereocenters. The predicted octanol–water partition coefficient (Wildman–Crippen LogP) is 8.05. The van der Waals surface area contributed by atoms with E-state index in [4.69, 9.17) is 19.1 Å². The molecule has 12 heteroatoms. The summed E-state index contributed by atoms with van der Waals surface area (Å²) >= 11 is 0. The molecule has 0 rings (SSSR count). The van der Waals surface area contributed by atoms with Crippen molar-refractivity contribution in [3.8, 4) is 0 Å². The third-order valence-corrected chi connectivity index (χ3v) is 8.77. The minimum absolute atomic E-state index is 0.168. The van der Waals surface area contributed by atoms with Gasteiger partial charge in [0.15, 0.2) is 6.10 Å². The number of hydrogen-bond donors (Lipinski definition) is 4. The second-order valence-electron chi connectivity index (χ2n) is 13.3. The number of esters is 2. The third kappa shape index (κ3) is 33.3. The van der Waals surface area contributed by atoms with Gasteiger partial charge in [-0.1, -0.05) is 128 Å². The lowest BCUT2D eigenvalue weighted by Gasteiger charge is -2.20. The molecule has 2 unspecified atom stereocenters. The van der Waals surface area contributed by atoms with Gasteiger partial charge in [0.2, 0.25) is 0 Å². The highest BCUT2D eigenvalue weighted by atomic mass is 31.2. The SMILES string of the molecule is CC/C=C/CC(O)/C=C/C=C/CCCCCCCC(=O)OC[C@H](COP(=O)(O)OC[C@@H](O)CO)OC(=O)CCCCCCCCCCC(C)C. The maximum atomic E-state index is 12.5. The molecule has 50 heavy (non-hydrogen) atoms. The van der Waals surface area contributed by atoms with E-state index >= 15 is 0 Å². The van der Waals surface area contributed by atoms with Crippen LogP contribution in [0.15, 0.2) is 36.5 Å². The lowest BCUT2D eigenvalue weighted by Crippen LogP contribution is -2.29. The molecule has 11 nitrogen and oxygen atoms in total. The van der Waals surface area contributed by atoms with Crippen LogP contribution in [0.3, 0.4) is 0 Å². The van der Waals surface area contributed by atoms with E-state index in [-0.39, 0.29) is 19.4 Å². The zero-order chi connectivity index (χ0) is 37.3. The molecule has 0 aliphatic rings. The van der Waals surface area contributed by atoms with Gasteiger partial charge in [-0.15, -0.1) is 0 Å². The number of carbonyl (C=O) groups is 2. The van der Waals surface area contributed by atoms with Crippen molar-refractivity contribution in [2.45, 2.75) is 161 Å². The van der Waals surface area contributed by atoms with E-state index in [0.717, 1.165) is 63.7 Å². The first-order valence-corrected chi connectivity index (χ1v) is 20.4. The average Bonchev–Trinajstić information content (AvgIpc) is 3.08. The largest absolute Gasteiger partial charge is 0.472 e. The minimum Gasteiger partial charge on any atom is -0.462 e. The molecule has 0 aromatic heterocycles. The molecule has 0 fully saturated rings. The lowest BCUT2D eigenvalue weighted by molar-refractivity contribution is -0.161. The molecule has 0 aromatic carbocycles. The Hall–Kier alpha value is -1.85. The standard InChI is InChI=1S/C38H69O11P/c1-4-5-19-25-34(40)26-21-16-12-7-6-8-13-17-22-27-37(42)46-31-36(32-48-50(44,45)47-30-35(41)29-39)49-38(43)28-23-18-14-10-9-11-15-20-24-33(2)3/h5,12,16,19,21,26,33-36,39-41H,4,6-11,13-15,17-18,20,22-25,27-32H2,1-3H3,(H,44,45)/b16-12+,19-5+,26-21+/t34?,35-,36+/m0/s1. The molecule has 0 saturated heterocycles. The maximum absolute atomic E-state index is 12.5. The molecule has 0 amide bonds. The minimum atomic E-state index is -4.63. The molecular weight excluding hydrogens is 663 g/mol. The van der Waals surface area contributed by atoms with Crippen molar-refractivity contribution in [3.05, 3.63) is 36.5 Å². The predicted molar refractivity (Wildman–Crippen MR) is 197 cm³/mol. The van der Waals surface area contributed by atoms with E-state index in [1.54, 1.807) is 6.08 Å². The summed E-state index contributed by atoms with van der Waals surface area (Å²) in [6, 6.07) is 0. The summed E-state index contributed by atoms with van der Waals surface area (Å²) in [6.07, 6.45) is 26.1. The van der Waals surface area contributed by atoms with Gasteiger partial charge in [0.1, 0.15) is 12.7 Å². The quantitative estimate of drug-likeness (QED) is 0.0166. The first-order valence-electron chi connectivity index (χ1n) is 18.9. The van der Waals surface area contributed by atoms with Gasteiger partial charge in [-0.05, 0) is 44.4 Å². The molecule has 0 radical (unpaired) electrons. The summed E-state index contributed by atoms with van der Waals surface area (Å²) in [6.45, 7) is 4.37. The molecule has 0 heterocycles. The Balaban J connectivity index is 4.43. The Morgan fingerprint density at radius 1 is 0.720 bits per heavy atom. The molecular formula is C38H69O11P. The van der Waals surface area contributed by atoms with Crippen LogP contribution < -0.4 is 0 Å². The zero-order valence-electron chi connectivity index (χ0n) is 31.1. The third-order valence-electron chi connectivity index (χ3n) is 7.82. The number of phosphoric acid groups is 1. The highest BCUT2D eigenvalue weighted by molar-refractivity contribution is 7.47. The molecule has 0 saturated carbocycles. The summed E-state index contributed by atoms with van der Waals surface area (Å²) in [7, 11) is -4.63. The molecule has 0 aromatic rings. The molecule has 0 aliphatic heterocycles. The van der Waals surface area contributed by atoms with Gasteiger partial charge in [0.25, 0.3) is 0 Å². The van der Waals surface area contributed by atoms with E-state index in [1.165, 1.54) is 32.1 Å². The van der Waals surface area contributed by atoms with Crippen LogP contribution in [-0.2, 0) is 32.7 Å². The van der Waals surface area contributed by atoms with Crippen molar-refractivity contribution in [1.82, 2.24) is 0 Å². The van der Waals surface area contributed by atoms with E-state index in [0.29, 0.717) is 19.3 Å². The topological polar surface area (TPSA) is 169 Å². The van der Waals surface area contributed by atoms with Crippen LogP contribution in [-0.4, -0.2) is 76.9 Å². The maximum Gasteiger partial charge on any atom is 0.472 e. The number of hydrogen-bond acceptors (Lipinski definition) is 10. The number of phosphoric ester groups is 1. The number of ether oxygens (including phenoxy) is 2. The summed E-state index contributed by atoms with van der Waals surface area (Å²) in [5.74, 6) is -0.234. The fourth-order valence-electron chi connectivity index (χ4n) is 4.86. The second kappa shape index (κ2) is 33.0. The Morgan fingerprint density at radius 3 is 1.92 bits per heavy atom. The highest BCUT2D eigenvalue weighted by Crippen LogP contribution is 2.43. The molecule has 4 N–H and O–H groups in total. The fraction of sp³-hybridized carbons (Fsp3) is 0.789. The van der Waals surface area contributed by atoms with Crippen LogP contribution in [0.25, 0.3) is 0 Å². The van der Waals surface area contributed by atoms with E-state index in [1.807, 2.05) is 24.3 Å². The molecule has 0 spiro atoms. The first-order chi connectivity index (χ1) is 24.0. The van der Waals surface area contributed by atoms with Crippen LogP contribution in [0.2, 0.25) is 0 Å². The average molecular weight is 733 g/mol. The van der Waals surface area contributed by atoms with Crippen molar-refractivity contribution < 1.29 is 52.9 Å². The van der Waals surface area contributed by atoms with Gasteiger partial charge < -0.3 is 29.7 Å². The Kier molecular flexibility index (Phi) is 31.8. The highest BCUT2D eigenvalue weighted by Gasteiger charge is 2.27. The van der Waals surface area contributed by atoms with E-state index in [9.17, 15) is 29.3 Å². The number of allylic oxidation sites excluding steroid dienone is 4. The Bertz CT molecular complexity index is 966. The van der Waals surface area contributed by atoms with Gasteiger partial charge in [-0.2, -0.15) is 0 Å². The van der Waals surface area contributed by atoms with Gasteiger partial charge in [0, 0.05) is 12.8 Å². The van der Waals surface area contributed by atoms with Gasteiger partial charge in [-0.3, -0.25) is 18.6 Å². The second-order valence-corrected chi connectivity index (χ2v) is 14.7. The van der Waals surface area contributed by atoms with Gasteiger partial charge in [-0.25, -0.2) is 4.57 Å². The smallest absolute Gasteiger partial charge is 0.462 e. The fourth-order valence-corrected chi connectivity index (χ4v) is 5.65. The summed E-state index contributed by atoms with van der Waals surface area (Å²) in [4.78, 5) is 34.8.